The molecule has 0 aromatic carbocycles. The molecule has 0 radical (unpaired) electrons. The predicted molar refractivity (Wildman–Crippen MR) is 72.7 cm³/mol. The molecule has 4 nitrogen and oxygen atoms in total. The van der Waals surface area contributed by atoms with Crippen LogP contribution in [0.2, 0.25) is 0 Å². The molecule has 0 aliphatic rings. The Bertz CT molecular complexity index is 212. The Kier molecular flexibility index (Phi) is 10.0. The summed E-state index contributed by atoms with van der Waals surface area (Å²) in [5.41, 5.74) is 0. The normalized spacial score (nSPS) is 17.1. The van der Waals surface area contributed by atoms with Gasteiger partial charge < -0.3 is 15.2 Å². The molecule has 104 valence electrons. The van der Waals surface area contributed by atoms with E-state index in [2.05, 4.69) is 19.2 Å². The summed E-state index contributed by atoms with van der Waals surface area (Å²) in [7, 11) is -0.762. The lowest BCUT2D eigenvalue weighted by molar-refractivity contribution is 0.0262. The first kappa shape index (κ1) is 17.0. The van der Waals surface area contributed by atoms with Crippen LogP contribution >= 0.6 is 0 Å². The van der Waals surface area contributed by atoms with Crippen molar-refractivity contribution in [3.05, 3.63) is 0 Å². The van der Waals surface area contributed by atoms with Gasteiger partial charge in [-0.1, -0.05) is 20.8 Å². The summed E-state index contributed by atoms with van der Waals surface area (Å²) in [6.07, 6.45) is 2.12. The van der Waals surface area contributed by atoms with Crippen LogP contribution in [0.3, 0.4) is 0 Å². The SMILES string of the molecule is CC(C)COCC(O)CNCCC(C)S(C)=O. The number of aliphatic hydroxyl groups is 1. The molecule has 0 aliphatic carbocycles. The summed E-state index contributed by atoms with van der Waals surface area (Å²) < 4.78 is 16.4. The summed E-state index contributed by atoms with van der Waals surface area (Å²) in [6.45, 7) is 8.50. The summed E-state index contributed by atoms with van der Waals surface area (Å²) in [4.78, 5) is 0. The average Bonchev–Trinajstić information content (AvgIpc) is 2.23. The van der Waals surface area contributed by atoms with Gasteiger partial charge in [-0.05, 0) is 18.9 Å². The van der Waals surface area contributed by atoms with Crippen LogP contribution < -0.4 is 5.32 Å². The van der Waals surface area contributed by atoms with E-state index in [-0.39, 0.29) is 5.25 Å². The van der Waals surface area contributed by atoms with E-state index in [0.717, 1.165) is 13.0 Å². The van der Waals surface area contributed by atoms with Gasteiger partial charge in [0.25, 0.3) is 0 Å². The fraction of sp³-hybridized carbons (Fsp3) is 1.00. The van der Waals surface area contributed by atoms with Crippen molar-refractivity contribution < 1.29 is 14.1 Å². The fourth-order valence-electron chi connectivity index (χ4n) is 1.24. The molecule has 5 heteroatoms. The van der Waals surface area contributed by atoms with Gasteiger partial charge in [-0.25, -0.2) is 0 Å². The maximum absolute atomic E-state index is 11.1. The van der Waals surface area contributed by atoms with E-state index in [1.807, 2.05) is 6.92 Å². The quantitative estimate of drug-likeness (QED) is 0.573. The Balaban J connectivity index is 3.39. The van der Waals surface area contributed by atoms with Crippen LogP contribution in [0.25, 0.3) is 0 Å². The van der Waals surface area contributed by atoms with Crippen LogP contribution in [-0.4, -0.2) is 53.2 Å². The van der Waals surface area contributed by atoms with Crippen LogP contribution in [0, 0.1) is 5.92 Å². The molecule has 0 amide bonds. The number of ether oxygens (including phenoxy) is 1. The molecule has 0 bridgehead atoms. The van der Waals surface area contributed by atoms with Crippen molar-refractivity contribution in [2.75, 3.05) is 32.6 Å². The van der Waals surface area contributed by atoms with Gasteiger partial charge in [0.2, 0.25) is 0 Å². The topological polar surface area (TPSA) is 58.6 Å². The number of rotatable bonds is 10. The third-order valence-electron chi connectivity index (χ3n) is 2.44. The largest absolute Gasteiger partial charge is 0.389 e. The summed E-state index contributed by atoms with van der Waals surface area (Å²) in [6, 6.07) is 0. The lowest BCUT2D eigenvalue weighted by Gasteiger charge is -2.14. The molecule has 2 N–H and O–H groups in total. The average molecular weight is 265 g/mol. The van der Waals surface area contributed by atoms with Gasteiger partial charge in [-0.3, -0.25) is 4.21 Å². The fourth-order valence-corrected chi connectivity index (χ4v) is 1.69. The lowest BCUT2D eigenvalue weighted by Crippen LogP contribution is -2.32. The number of aliphatic hydroxyl groups excluding tert-OH is 1. The molecule has 17 heavy (non-hydrogen) atoms. The highest BCUT2D eigenvalue weighted by Gasteiger charge is 2.07. The molecule has 3 atom stereocenters. The minimum Gasteiger partial charge on any atom is -0.389 e. The maximum Gasteiger partial charge on any atom is 0.0897 e. The van der Waals surface area contributed by atoms with Crippen LogP contribution in [0.4, 0.5) is 0 Å². The minimum atomic E-state index is -0.762. The van der Waals surface area contributed by atoms with Crippen LogP contribution in [0.5, 0.6) is 0 Å². The Morgan fingerprint density at radius 3 is 2.47 bits per heavy atom. The Morgan fingerprint density at radius 1 is 1.29 bits per heavy atom. The van der Waals surface area contributed by atoms with Crippen LogP contribution in [0.15, 0.2) is 0 Å². The smallest absolute Gasteiger partial charge is 0.0897 e. The number of hydrogen-bond donors (Lipinski definition) is 2. The van der Waals surface area contributed by atoms with Crippen molar-refractivity contribution >= 4 is 10.8 Å². The second-order valence-corrected chi connectivity index (χ2v) is 6.69. The third-order valence-corrected chi connectivity index (χ3v) is 3.80. The van der Waals surface area contributed by atoms with Gasteiger partial charge >= 0.3 is 0 Å². The Morgan fingerprint density at radius 2 is 1.94 bits per heavy atom. The van der Waals surface area contributed by atoms with E-state index in [9.17, 15) is 9.32 Å². The molecule has 0 rings (SSSR count). The predicted octanol–water partition coefficient (Wildman–Crippen LogP) is 0.767. The monoisotopic (exact) mass is 265 g/mol. The minimum absolute atomic E-state index is 0.205. The van der Waals surface area contributed by atoms with Gasteiger partial charge in [-0.15, -0.1) is 0 Å². The Hall–Kier alpha value is 0.0300. The second-order valence-electron chi connectivity index (χ2n) is 4.89. The Labute approximate surface area is 108 Å². The molecule has 0 saturated carbocycles. The zero-order chi connectivity index (χ0) is 13.3. The van der Waals surface area contributed by atoms with E-state index in [1.165, 1.54) is 0 Å². The van der Waals surface area contributed by atoms with E-state index in [4.69, 9.17) is 4.74 Å². The molecule has 0 fully saturated rings. The summed E-state index contributed by atoms with van der Waals surface area (Å²) >= 11 is 0. The van der Waals surface area contributed by atoms with Crippen molar-refractivity contribution in [3.8, 4) is 0 Å². The van der Waals surface area contributed by atoms with E-state index in [0.29, 0.717) is 25.7 Å². The van der Waals surface area contributed by atoms with Gasteiger partial charge in [0, 0.05) is 35.5 Å². The lowest BCUT2D eigenvalue weighted by atomic mass is 10.2. The number of hydrogen-bond acceptors (Lipinski definition) is 4. The zero-order valence-electron chi connectivity index (χ0n) is 11.4. The molecule has 0 aromatic heterocycles. The highest BCUT2D eigenvalue weighted by molar-refractivity contribution is 7.84. The molecular weight excluding hydrogens is 238 g/mol. The first-order valence-corrected chi connectivity index (χ1v) is 7.84. The van der Waals surface area contributed by atoms with Gasteiger partial charge in [0.05, 0.1) is 12.7 Å². The first-order valence-electron chi connectivity index (χ1n) is 6.22. The van der Waals surface area contributed by atoms with Crippen molar-refractivity contribution in [2.45, 2.75) is 38.5 Å². The highest BCUT2D eigenvalue weighted by Crippen LogP contribution is 1.97. The highest BCUT2D eigenvalue weighted by atomic mass is 32.2. The van der Waals surface area contributed by atoms with Gasteiger partial charge in [0.15, 0.2) is 0 Å². The van der Waals surface area contributed by atoms with Crippen molar-refractivity contribution in [1.29, 1.82) is 0 Å². The number of nitrogens with one attached hydrogen (secondary N) is 1. The molecule has 0 heterocycles. The van der Waals surface area contributed by atoms with Crippen molar-refractivity contribution in [1.82, 2.24) is 5.32 Å². The standard InChI is InChI=1S/C12H27NO3S/c1-10(2)8-16-9-12(14)7-13-6-5-11(3)17(4)15/h10-14H,5-9H2,1-4H3. The van der Waals surface area contributed by atoms with E-state index < -0.39 is 16.9 Å². The van der Waals surface area contributed by atoms with Crippen LogP contribution in [-0.2, 0) is 15.5 Å². The van der Waals surface area contributed by atoms with Gasteiger partial charge in [0.1, 0.15) is 0 Å². The van der Waals surface area contributed by atoms with Crippen LogP contribution in [0.1, 0.15) is 27.2 Å². The van der Waals surface area contributed by atoms with Gasteiger partial charge in [-0.2, -0.15) is 0 Å². The van der Waals surface area contributed by atoms with Crippen molar-refractivity contribution in [2.24, 2.45) is 5.92 Å². The molecule has 0 aromatic rings. The second kappa shape index (κ2) is 10.00. The maximum atomic E-state index is 11.1. The third kappa shape index (κ3) is 10.9. The zero-order valence-corrected chi connectivity index (χ0v) is 12.3. The molecule has 0 saturated heterocycles. The molecule has 0 spiro atoms. The molecule has 0 aliphatic heterocycles. The van der Waals surface area contributed by atoms with E-state index in [1.54, 1.807) is 6.26 Å². The van der Waals surface area contributed by atoms with E-state index >= 15 is 0 Å². The van der Waals surface area contributed by atoms with Crippen molar-refractivity contribution in [3.63, 3.8) is 0 Å². The molecule has 3 unspecified atom stereocenters. The summed E-state index contributed by atoms with van der Waals surface area (Å²) in [5.74, 6) is 0.496. The molecular formula is C12H27NO3S. The summed E-state index contributed by atoms with van der Waals surface area (Å²) in [5, 5.41) is 12.9. The first-order chi connectivity index (χ1) is 7.93.